The van der Waals surface area contributed by atoms with E-state index in [1.165, 1.54) is 12.0 Å². The lowest BCUT2D eigenvalue weighted by Gasteiger charge is -2.14. The van der Waals surface area contributed by atoms with Crippen LogP contribution in [0.2, 0.25) is 5.02 Å². The lowest BCUT2D eigenvalue weighted by molar-refractivity contribution is -0.123. The summed E-state index contributed by atoms with van der Waals surface area (Å²) in [6.45, 7) is 0.524. The van der Waals surface area contributed by atoms with E-state index < -0.39 is 0 Å². The summed E-state index contributed by atoms with van der Waals surface area (Å²) in [5.41, 5.74) is 2.50. The number of fused-ring (bicyclic) bond motifs is 1. The molecule has 5 nitrogen and oxygen atoms in total. The van der Waals surface area contributed by atoms with E-state index in [4.69, 9.17) is 21.1 Å². The standard InChI is InChI=1S/C29H21BrClNO4S/c1-35-25-14-20(13-24(31)27(25)36-17-18-7-10-23(30)11-8-18)15-26-28(33)32(29(34)37-26)16-19-6-9-21-4-2-3-5-22(21)12-19/h2-15H,16-17H2,1H3/b26-15-. The Labute approximate surface area is 232 Å². The van der Waals surface area contributed by atoms with E-state index in [1.807, 2.05) is 66.7 Å². The van der Waals surface area contributed by atoms with Gasteiger partial charge in [0.1, 0.15) is 6.61 Å². The van der Waals surface area contributed by atoms with E-state index in [0.29, 0.717) is 33.6 Å². The molecule has 1 aliphatic heterocycles. The van der Waals surface area contributed by atoms with Gasteiger partial charge in [-0.05, 0) is 75.6 Å². The number of halogens is 2. The predicted octanol–water partition coefficient (Wildman–Crippen LogP) is 8.08. The fourth-order valence-corrected chi connectivity index (χ4v) is 5.38. The van der Waals surface area contributed by atoms with Gasteiger partial charge >= 0.3 is 0 Å². The van der Waals surface area contributed by atoms with E-state index >= 15 is 0 Å². The Balaban J connectivity index is 1.34. The molecule has 0 atom stereocenters. The summed E-state index contributed by atoms with van der Waals surface area (Å²) < 4.78 is 12.4. The Morgan fingerprint density at radius 3 is 2.43 bits per heavy atom. The predicted molar refractivity (Wildman–Crippen MR) is 152 cm³/mol. The Hall–Kier alpha value is -3.26. The molecule has 0 unspecified atom stereocenters. The average Bonchev–Trinajstić information content (AvgIpc) is 3.16. The zero-order valence-corrected chi connectivity index (χ0v) is 22.9. The molecule has 0 aromatic heterocycles. The van der Waals surface area contributed by atoms with Crippen molar-refractivity contribution < 1.29 is 19.1 Å². The maximum absolute atomic E-state index is 13.1. The number of ether oxygens (including phenoxy) is 2. The fourth-order valence-electron chi connectivity index (χ4n) is 4.01. The third-order valence-corrected chi connectivity index (χ3v) is 7.59. The van der Waals surface area contributed by atoms with Crippen molar-refractivity contribution in [3.8, 4) is 11.5 Å². The number of imide groups is 1. The number of carbonyl (C=O) groups is 2. The van der Waals surface area contributed by atoms with E-state index in [-0.39, 0.29) is 17.7 Å². The summed E-state index contributed by atoms with van der Waals surface area (Å²) in [7, 11) is 1.53. The number of thioether (sulfide) groups is 1. The second-order valence-electron chi connectivity index (χ2n) is 8.40. The van der Waals surface area contributed by atoms with Gasteiger partial charge in [-0.1, -0.05) is 76.1 Å². The molecule has 5 rings (SSSR count). The summed E-state index contributed by atoms with van der Waals surface area (Å²) in [4.78, 5) is 27.4. The molecule has 2 amide bonds. The normalized spacial score (nSPS) is 14.6. The molecule has 1 saturated heterocycles. The zero-order chi connectivity index (χ0) is 25.9. The molecule has 0 aliphatic carbocycles. The Morgan fingerprint density at radius 2 is 1.68 bits per heavy atom. The third kappa shape index (κ3) is 5.69. The van der Waals surface area contributed by atoms with Crippen molar-refractivity contribution in [1.82, 2.24) is 4.90 Å². The van der Waals surface area contributed by atoms with Gasteiger partial charge in [-0.2, -0.15) is 0 Å². The number of rotatable bonds is 7. The van der Waals surface area contributed by atoms with E-state index in [9.17, 15) is 9.59 Å². The molecule has 8 heteroatoms. The highest BCUT2D eigenvalue weighted by molar-refractivity contribution is 9.10. The monoisotopic (exact) mass is 593 g/mol. The summed E-state index contributed by atoms with van der Waals surface area (Å²) in [5, 5.41) is 2.21. The summed E-state index contributed by atoms with van der Waals surface area (Å²) in [5.74, 6) is 0.508. The number of amides is 2. The van der Waals surface area contributed by atoms with Crippen LogP contribution in [0.25, 0.3) is 16.8 Å². The van der Waals surface area contributed by atoms with E-state index in [2.05, 4.69) is 15.9 Å². The lowest BCUT2D eigenvalue weighted by atomic mass is 10.1. The molecule has 0 saturated carbocycles. The highest BCUT2D eigenvalue weighted by atomic mass is 79.9. The number of hydrogen-bond acceptors (Lipinski definition) is 5. The largest absolute Gasteiger partial charge is 0.493 e. The molecular formula is C29H21BrClNO4S. The van der Waals surface area contributed by atoms with Crippen LogP contribution < -0.4 is 9.47 Å². The van der Waals surface area contributed by atoms with Gasteiger partial charge in [-0.3, -0.25) is 14.5 Å². The zero-order valence-electron chi connectivity index (χ0n) is 19.7. The summed E-state index contributed by atoms with van der Waals surface area (Å²) >= 11 is 10.9. The van der Waals surface area contributed by atoms with Crippen LogP contribution >= 0.6 is 39.3 Å². The first kappa shape index (κ1) is 25.4. The fraction of sp³-hybridized carbons (Fsp3) is 0.103. The molecule has 1 aliphatic rings. The third-order valence-electron chi connectivity index (χ3n) is 5.87. The van der Waals surface area contributed by atoms with Crippen molar-refractivity contribution in [2.24, 2.45) is 0 Å². The Morgan fingerprint density at radius 1 is 0.946 bits per heavy atom. The van der Waals surface area contributed by atoms with Gasteiger partial charge in [0.05, 0.1) is 23.6 Å². The van der Waals surface area contributed by atoms with Gasteiger partial charge in [0.15, 0.2) is 11.5 Å². The van der Waals surface area contributed by atoms with Crippen LogP contribution in [0.15, 0.2) is 88.2 Å². The van der Waals surface area contributed by atoms with E-state index in [1.54, 1.807) is 18.2 Å². The average molecular weight is 595 g/mol. The van der Waals surface area contributed by atoms with Crippen molar-refractivity contribution >= 4 is 67.3 Å². The van der Waals surface area contributed by atoms with Crippen molar-refractivity contribution in [3.05, 3.63) is 110 Å². The van der Waals surface area contributed by atoms with Gasteiger partial charge in [0.25, 0.3) is 11.1 Å². The van der Waals surface area contributed by atoms with Crippen LogP contribution in [0.4, 0.5) is 4.79 Å². The molecule has 1 fully saturated rings. The number of hydrogen-bond donors (Lipinski definition) is 0. The number of methoxy groups -OCH3 is 1. The number of nitrogens with zero attached hydrogens (tertiary/aromatic N) is 1. The number of carbonyl (C=O) groups excluding carboxylic acids is 2. The summed E-state index contributed by atoms with van der Waals surface area (Å²) in [6.07, 6.45) is 1.65. The van der Waals surface area contributed by atoms with Crippen LogP contribution in [0.3, 0.4) is 0 Å². The molecule has 4 aromatic carbocycles. The van der Waals surface area contributed by atoms with Crippen LogP contribution in [0.5, 0.6) is 11.5 Å². The van der Waals surface area contributed by atoms with Gasteiger partial charge < -0.3 is 9.47 Å². The van der Waals surface area contributed by atoms with Gasteiger partial charge in [0.2, 0.25) is 0 Å². The molecule has 0 bridgehead atoms. The first-order chi connectivity index (χ1) is 17.9. The lowest BCUT2D eigenvalue weighted by Crippen LogP contribution is -2.27. The maximum Gasteiger partial charge on any atom is 0.293 e. The van der Waals surface area contributed by atoms with Crippen molar-refractivity contribution in [1.29, 1.82) is 0 Å². The first-order valence-corrected chi connectivity index (χ1v) is 13.4. The van der Waals surface area contributed by atoms with Gasteiger partial charge in [-0.15, -0.1) is 0 Å². The minimum Gasteiger partial charge on any atom is -0.493 e. The maximum atomic E-state index is 13.1. The van der Waals surface area contributed by atoms with Crippen LogP contribution in [0.1, 0.15) is 16.7 Å². The van der Waals surface area contributed by atoms with Gasteiger partial charge in [-0.25, -0.2) is 0 Å². The number of benzene rings is 4. The summed E-state index contributed by atoms with van der Waals surface area (Å²) in [6, 6.07) is 25.1. The van der Waals surface area contributed by atoms with Crippen LogP contribution in [0, 0.1) is 0 Å². The second-order valence-corrected chi connectivity index (χ2v) is 10.7. The molecule has 0 N–H and O–H groups in total. The molecular weight excluding hydrogens is 574 g/mol. The smallest absolute Gasteiger partial charge is 0.293 e. The minimum atomic E-state index is -0.339. The second kappa shape index (κ2) is 11.0. The van der Waals surface area contributed by atoms with Crippen LogP contribution in [-0.2, 0) is 17.9 Å². The molecule has 4 aromatic rings. The molecule has 186 valence electrons. The molecule has 37 heavy (non-hydrogen) atoms. The highest BCUT2D eigenvalue weighted by Gasteiger charge is 2.35. The SMILES string of the molecule is COc1cc(/C=C2\SC(=O)N(Cc3ccc4ccccc4c3)C2=O)cc(Cl)c1OCc1ccc(Br)cc1. The minimum absolute atomic E-state index is 0.208. The molecule has 0 spiro atoms. The van der Waals surface area contributed by atoms with E-state index in [0.717, 1.165) is 38.1 Å². The highest BCUT2D eigenvalue weighted by Crippen LogP contribution is 2.39. The van der Waals surface area contributed by atoms with Crippen molar-refractivity contribution in [3.63, 3.8) is 0 Å². The Bertz CT molecular complexity index is 1540. The van der Waals surface area contributed by atoms with Gasteiger partial charge in [0, 0.05) is 4.47 Å². The topological polar surface area (TPSA) is 55.8 Å². The van der Waals surface area contributed by atoms with Crippen molar-refractivity contribution in [2.75, 3.05) is 7.11 Å². The quantitative estimate of drug-likeness (QED) is 0.203. The van der Waals surface area contributed by atoms with Crippen LogP contribution in [-0.4, -0.2) is 23.2 Å². The Kier molecular flexibility index (Phi) is 7.55. The molecule has 1 heterocycles. The molecule has 0 radical (unpaired) electrons. The van der Waals surface area contributed by atoms with Crippen molar-refractivity contribution in [2.45, 2.75) is 13.2 Å². The first-order valence-electron chi connectivity index (χ1n) is 11.4.